The van der Waals surface area contributed by atoms with E-state index < -0.39 is 0 Å². The van der Waals surface area contributed by atoms with Gasteiger partial charge in [0.05, 0.1) is 18.7 Å². The Morgan fingerprint density at radius 2 is 1.80 bits per heavy atom. The van der Waals surface area contributed by atoms with Crippen LogP contribution >= 0.6 is 0 Å². The quantitative estimate of drug-likeness (QED) is 0.557. The molecule has 2 fully saturated rings. The van der Waals surface area contributed by atoms with Crippen LogP contribution in [0.4, 0.5) is 11.4 Å². The molecule has 7 heteroatoms. The number of amides is 3. The summed E-state index contributed by atoms with van der Waals surface area (Å²) in [5, 5.41) is 2.68. The maximum absolute atomic E-state index is 12.8. The van der Waals surface area contributed by atoms with E-state index in [1.807, 2.05) is 0 Å². The Balaban J connectivity index is 1.70. The van der Waals surface area contributed by atoms with E-state index in [0.29, 0.717) is 11.4 Å². The lowest BCUT2D eigenvalue weighted by atomic mass is 10.1. The molecule has 1 aromatic rings. The van der Waals surface area contributed by atoms with Crippen LogP contribution in [0.15, 0.2) is 24.3 Å². The van der Waals surface area contributed by atoms with Crippen LogP contribution in [-0.4, -0.2) is 56.5 Å². The smallest absolute Gasteiger partial charge is 0.292 e. The summed E-state index contributed by atoms with van der Waals surface area (Å²) < 4.78 is 0. The molecule has 2 saturated heterocycles. The Bertz CT molecular complexity index is 665. The highest BCUT2D eigenvalue weighted by Gasteiger charge is 2.46. The monoisotopic (exact) mass is 346 g/mol. The Morgan fingerprint density at radius 3 is 2.36 bits per heavy atom. The third-order valence-corrected chi connectivity index (χ3v) is 5.18. The zero-order chi connectivity index (χ0) is 18.0. The number of quaternary nitrogens is 2. The molecular weight excluding hydrogens is 320 g/mol. The predicted molar refractivity (Wildman–Crippen MR) is 93.6 cm³/mol. The van der Waals surface area contributed by atoms with Gasteiger partial charge in [0.15, 0.2) is 6.04 Å². The maximum Gasteiger partial charge on any atom is 0.292 e. The molecule has 3 N–H and O–H groups in total. The van der Waals surface area contributed by atoms with E-state index in [0.717, 1.165) is 32.7 Å². The molecule has 0 spiro atoms. The van der Waals surface area contributed by atoms with Crippen LogP contribution in [0.5, 0.6) is 0 Å². The van der Waals surface area contributed by atoms with Crippen LogP contribution in [0.25, 0.3) is 0 Å². The van der Waals surface area contributed by atoms with Crippen LogP contribution < -0.4 is 20.0 Å². The van der Waals surface area contributed by atoms with Gasteiger partial charge in [-0.15, -0.1) is 0 Å². The Kier molecular flexibility index (Phi) is 5.15. The van der Waals surface area contributed by atoms with Crippen molar-refractivity contribution in [1.82, 2.24) is 0 Å². The first-order valence-electron chi connectivity index (χ1n) is 8.92. The molecule has 1 aromatic carbocycles. The molecule has 0 aliphatic carbocycles. The van der Waals surface area contributed by atoms with Crippen molar-refractivity contribution in [2.24, 2.45) is 0 Å². The number of rotatable bonds is 4. The predicted octanol–water partition coefficient (Wildman–Crippen LogP) is -1.92. The van der Waals surface area contributed by atoms with Gasteiger partial charge in [0, 0.05) is 12.6 Å². The fourth-order valence-corrected chi connectivity index (χ4v) is 3.75. The van der Waals surface area contributed by atoms with Crippen LogP contribution in [0.1, 0.15) is 20.3 Å². The molecule has 2 heterocycles. The van der Waals surface area contributed by atoms with Crippen molar-refractivity contribution in [2.75, 3.05) is 42.9 Å². The first-order chi connectivity index (χ1) is 12.0. The molecule has 2 aliphatic heterocycles. The molecule has 3 amide bonds. The number of hydrogen-bond donors (Lipinski definition) is 3. The SMILES string of the molecule is CC[NH+]1CC[NH+]([C@@H]2CC(=O)N(c3ccc(NC(C)=O)cc3)C2=O)CC1. The number of carbonyl (C=O) groups excluding carboxylic acids is 3. The van der Waals surface area contributed by atoms with E-state index >= 15 is 0 Å². The minimum Gasteiger partial charge on any atom is -0.326 e. The Morgan fingerprint density at radius 1 is 1.16 bits per heavy atom. The summed E-state index contributed by atoms with van der Waals surface area (Å²) in [6.45, 7) is 8.69. The standard InChI is InChI=1S/C18H24N4O3/c1-3-20-8-10-21(11-9-20)16-12-17(24)22(18(16)25)15-6-4-14(5-7-15)19-13(2)23/h4-7,16H,3,8-12H2,1-2H3,(H,19,23)/p+2/t16-/m1/s1. The second-order valence-electron chi connectivity index (χ2n) is 6.81. The largest absolute Gasteiger partial charge is 0.326 e. The first-order valence-corrected chi connectivity index (χ1v) is 8.92. The Labute approximate surface area is 147 Å². The molecule has 3 rings (SSSR count). The molecule has 0 unspecified atom stereocenters. The zero-order valence-electron chi connectivity index (χ0n) is 14.8. The normalized spacial score (nSPS) is 26.8. The molecule has 0 aromatic heterocycles. The molecule has 7 nitrogen and oxygen atoms in total. The molecule has 0 saturated carbocycles. The summed E-state index contributed by atoms with van der Waals surface area (Å²) in [7, 11) is 0. The molecular formula is C18H26N4O3+2. The topological polar surface area (TPSA) is 75.4 Å². The lowest BCUT2D eigenvalue weighted by Gasteiger charge is -2.31. The fraction of sp³-hybridized carbons (Fsp3) is 0.500. The van der Waals surface area contributed by atoms with E-state index in [9.17, 15) is 14.4 Å². The van der Waals surface area contributed by atoms with Crippen LogP contribution in [-0.2, 0) is 14.4 Å². The molecule has 2 aliphatic rings. The molecule has 134 valence electrons. The third-order valence-electron chi connectivity index (χ3n) is 5.18. The summed E-state index contributed by atoms with van der Waals surface area (Å²) in [6, 6.07) is 6.57. The molecule has 1 atom stereocenters. The van der Waals surface area contributed by atoms with Gasteiger partial charge < -0.3 is 15.1 Å². The summed E-state index contributed by atoms with van der Waals surface area (Å²) in [4.78, 5) is 40.5. The number of nitrogens with one attached hydrogen (secondary N) is 3. The summed E-state index contributed by atoms with van der Waals surface area (Å²) in [5.41, 5.74) is 1.22. The van der Waals surface area contributed by atoms with Gasteiger partial charge in [0.1, 0.15) is 26.2 Å². The number of nitrogens with zero attached hydrogens (tertiary/aromatic N) is 1. The minimum atomic E-state index is -0.263. The second kappa shape index (κ2) is 7.33. The van der Waals surface area contributed by atoms with Crippen molar-refractivity contribution in [3.63, 3.8) is 0 Å². The van der Waals surface area contributed by atoms with E-state index in [1.165, 1.54) is 16.7 Å². The zero-order valence-corrected chi connectivity index (χ0v) is 14.8. The lowest BCUT2D eigenvalue weighted by Crippen LogP contribution is -3.29. The van der Waals surface area contributed by atoms with Gasteiger partial charge in [-0.2, -0.15) is 0 Å². The second-order valence-corrected chi connectivity index (χ2v) is 6.81. The minimum absolute atomic E-state index is 0.104. The van der Waals surface area contributed by atoms with Gasteiger partial charge in [-0.25, -0.2) is 4.90 Å². The highest BCUT2D eigenvalue weighted by atomic mass is 16.2. The summed E-state index contributed by atoms with van der Waals surface area (Å²) in [6.07, 6.45) is 0.281. The lowest BCUT2D eigenvalue weighted by molar-refractivity contribution is -1.02. The average molecular weight is 346 g/mol. The van der Waals surface area contributed by atoms with Crippen molar-refractivity contribution in [2.45, 2.75) is 26.3 Å². The van der Waals surface area contributed by atoms with Crippen LogP contribution in [0.3, 0.4) is 0 Å². The fourth-order valence-electron chi connectivity index (χ4n) is 3.75. The van der Waals surface area contributed by atoms with Crippen LogP contribution in [0.2, 0.25) is 0 Å². The highest BCUT2D eigenvalue weighted by molar-refractivity contribution is 6.21. The van der Waals surface area contributed by atoms with Crippen molar-refractivity contribution in [3.8, 4) is 0 Å². The number of imide groups is 1. The average Bonchev–Trinajstić information content (AvgIpc) is 2.90. The number of benzene rings is 1. The van der Waals surface area contributed by atoms with Gasteiger partial charge in [0.25, 0.3) is 5.91 Å². The maximum atomic E-state index is 12.8. The first kappa shape index (κ1) is 17.6. The molecule has 0 radical (unpaired) electrons. The molecule has 0 bridgehead atoms. The van der Waals surface area contributed by atoms with Gasteiger partial charge in [-0.05, 0) is 31.2 Å². The highest BCUT2D eigenvalue weighted by Crippen LogP contribution is 2.23. The van der Waals surface area contributed by atoms with Gasteiger partial charge in [0.2, 0.25) is 11.8 Å². The number of hydrogen-bond acceptors (Lipinski definition) is 3. The van der Waals surface area contributed by atoms with E-state index in [1.54, 1.807) is 29.2 Å². The van der Waals surface area contributed by atoms with E-state index in [4.69, 9.17) is 0 Å². The van der Waals surface area contributed by atoms with Crippen molar-refractivity contribution in [3.05, 3.63) is 24.3 Å². The third kappa shape index (κ3) is 3.72. The number of likely N-dealkylation sites (N-methyl/N-ethyl adjacent to an activating group) is 1. The van der Waals surface area contributed by atoms with Gasteiger partial charge >= 0.3 is 0 Å². The van der Waals surface area contributed by atoms with Crippen molar-refractivity contribution in [1.29, 1.82) is 0 Å². The number of carbonyl (C=O) groups is 3. The summed E-state index contributed by atoms with van der Waals surface area (Å²) in [5.74, 6) is -0.398. The number of piperazine rings is 1. The summed E-state index contributed by atoms with van der Waals surface area (Å²) >= 11 is 0. The van der Waals surface area contributed by atoms with Crippen molar-refractivity contribution < 1.29 is 24.2 Å². The van der Waals surface area contributed by atoms with E-state index in [-0.39, 0.29) is 30.2 Å². The van der Waals surface area contributed by atoms with E-state index in [2.05, 4.69) is 12.2 Å². The van der Waals surface area contributed by atoms with Crippen molar-refractivity contribution >= 4 is 29.1 Å². The van der Waals surface area contributed by atoms with Gasteiger partial charge in [-0.3, -0.25) is 14.4 Å². The Hall–Kier alpha value is -2.25. The number of anilines is 2. The molecule has 25 heavy (non-hydrogen) atoms. The van der Waals surface area contributed by atoms with Gasteiger partial charge in [-0.1, -0.05) is 0 Å². The van der Waals surface area contributed by atoms with Crippen LogP contribution in [0, 0.1) is 0 Å².